The summed E-state index contributed by atoms with van der Waals surface area (Å²) in [7, 11) is 0. The van der Waals surface area contributed by atoms with Crippen molar-refractivity contribution in [3.05, 3.63) is 90.6 Å². The molecule has 0 spiro atoms. The van der Waals surface area contributed by atoms with Crippen molar-refractivity contribution in [3.63, 3.8) is 0 Å². The predicted molar refractivity (Wildman–Crippen MR) is 97.8 cm³/mol. The summed E-state index contributed by atoms with van der Waals surface area (Å²) in [5.74, 6) is -1.22. The maximum absolute atomic E-state index is 12.4. The quantitative estimate of drug-likeness (QED) is 0.661. The van der Waals surface area contributed by atoms with Crippen LogP contribution in [0.4, 0.5) is 0 Å². The number of aromatic nitrogens is 2. The minimum atomic E-state index is -1.12. The van der Waals surface area contributed by atoms with Crippen LogP contribution in [0.2, 0.25) is 5.02 Å². The first-order chi connectivity index (χ1) is 12.9. The number of aromatic hydroxyl groups is 1. The van der Waals surface area contributed by atoms with Gasteiger partial charge in [-0.1, -0.05) is 35.9 Å². The van der Waals surface area contributed by atoms with Gasteiger partial charge in [-0.05, 0) is 30.7 Å². The molecular formula is C19H13ClN2O5. The summed E-state index contributed by atoms with van der Waals surface area (Å²) in [5.41, 5.74) is -0.0998. The van der Waals surface area contributed by atoms with E-state index in [0.29, 0.717) is 16.1 Å². The van der Waals surface area contributed by atoms with Crippen molar-refractivity contribution in [2.45, 2.75) is 13.0 Å². The fourth-order valence-electron chi connectivity index (χ4n) is 3.10. The molecule has 0 aliphatic carbocycles. The van der Waals surface area contributed by atoms with E-state index in [-0.39, 0.29) is 11.3 Å². The standard InChI is InChI=1S/C19H13ClN2O5/c1-9-6-7-10(8-13(9)20)22-17(24)14(16(23)21-19(22)26)15-11-4-2-3-5-12(11)18(25)27-15/h2-8,15,24H,1H3,(H,21,23,26). The van der Waals surface area contributed by atoms with Gasteiger partial charge in [0.2, 0.25) is 5.88 Å². The molecule has 0 saturated carbocycles. The Labute approximate surface area is 157 Å². The Morgan fingerprint density at radius 2 is 1.89 bits per heavy atom. The lowest BCUT2D eigenvalue weighted by atomic mass is 10.0. The lowest BCUT2D eigenvalue weighted by molar-refractivity contribution is 0.0449. The molecular weight excluding hydrogens is 372 g/mol. The third-order valence-electron chi connectivity index (χ3n) is 4.48. The average molecular weight is 385 g/mol. The lowest BCUT2D eigenvalue weighted by Crippen LogP contribution is -2.32. The third kappa shape index (κ3) is 2.63. The Hall–Kier alpha value is -3.32. The van der Waals surface area contributed by atoms with E-state index in [1.165, 1.54) is 6.07 Å². The number of cyclic esters (lactones) is 1. The Bertz CT molecular complexity index is 1210. The van der Waals surface area contributed by atoms with Crippen LogP contribution in [-0.4, -0.2) is 20.6 Å². The number of aryl methyl sites for hydroxylation is 1. The molecule has 1 aliphatic heterocycles. The zero-order valence-corrected chi connectivity index (χ0v) is 14.8. The topological polar surface area (TPSA) is 101 Å². The van der Waals surface area contributed by atoms with Crippen LogP contribution >= 0.6 is 11.6 Å². The van der Waals surface area contributed by atoms with Gasteiger partial charge >= 0.3 is 11.7 Å². The van der Waals surface area contributed by atoms with E-state index in [0.717, 1.165) is 10.1 Å². The third-order valence-corrected chi connectivity index (χ3v) is 4.89. The molecule has 2 aromatic carbocycles. The van der Waals surface area contributed by atoms with Crippen LogP contribution in [0.15, 0.2) is 52.1 Å². The number of carbonyl (C=O) groups excluding carboxylic acids is 1. The second kappa shape index (κ2) is 6.14. The molecule has 2 N–H and O–H groups in total. The number of nitrogens with one attached hydrogen (secondary N) is 1. The van der Waals surface area contributed by atoms with E-state index in [1.54, 1.807) is 43.3 Å². The van der Waals surface area contributed by atoms with Crippen molar-refractivity contribution in [3.8, 4) is 11.6 Å². The summed E-state index contributed by atoms with van der Waals surface area (Å²) in [4.78, 5) is 39.0. The molecule has 1 aliphatic rings. The van der Waals surface area contributed by atoms with Gasteiger partial charge in [0.1, 0.15) is 5.56 Å². The Balaban J connectivity index is 1.96. The summed E-state index contributed by atoms with van der Waals surface area (Å²) in [6, 6.07) is 11.3. The van der Waals surface area contributed by atoms with Crippen LogP contribution in [0.3, 0.4) is 0 Å². The van der Waals surface area contributed by atoms with E-state index in [1.807, 2.05) is 0 Å². The number of hydrogen-bond acceptors (Lipinski definition) is 5. The fourth-order valence-corrected chi connectivity index (χ4v) is 3.27. The largest absolute Gasteiger partial charge is 0.494 e. The van der Waals surface area contributed by atoms with E-state index in [9.17, 15) is 19.5 Å². The van der Waals surface area contributed by atoms with Crippen LogP contribution in [0.1, 0.15) is 33.2 Å². The predicted octanol–water partition coefficient (Wildman–Crippen LogP) is 2.45. The number of ether oxygens (including phenoxy) is 1. The Kier molecular flexibility index (Phi) is 3.89. The van der Waals surface area contributed by atoms with E-state index in [2.05, 4.69) is 4.98 Å². The summed E-state index contributed by atoms with van der Waals surface area (Å²) in [6.07, 6.45) is -1.12. The molecule has 0 amide bonds. The summed E-state index contributed by atoms with van der Waals surface area (Å²) >= 11 is 6.11. The molecule has 7 nitrogen and oxygen atoms in total. The number of halogens is 1. The van der Waals surface area contributed by atoms with Gasteiger partial charge in [0, 0.05) is 10.6 Å². The Morgan fingerprint density at radius 1 is 1.15 bits per heavy atom. The van der Waals surface area contributed by atoms with Crippen LogP contribution in [-0.2, 0) is 4.74 Å². The number of hydrogen-bond donors (Lipinski definition) is 2. The van der Waals surface area contributed by atoms with Gasteiger partial charge in [-0.25, -0.2) is 14.2 Å². The summed E-state index contributed by atoms with van der Waals surface area (Å²) in [6.45, 7) is 1.79. The molecule has 4 rings (SSSR count). The van der Waals surface area contributed by atoms with Crippen molar-refractivity contribution < 1.29 is 14.6 Å². The first kappa shape index (κ1) is 17.1. The molecule has 1 aromatic heterocycles. The molecule has 1 atom stereocenters. The SMILES string of the molecule is Cc1ccc(-n2c(O)c(C3OC(=O)c4ccccc43)c(=O)[nH]c2=O)cc1Cl. The highest BCUT2D eigenvalue weighted by molar-refractivity contribution is 6.31. The van der Waals surface area contributed by atoms with Crippen molar-refractivity contribution in [2.24, 2.45) is 0 Å². The van der Waals surface area contributed by atoms with Crippen molar-refractivity contribution in [1.29, 1.82) is 0 Å². The van der Waals surface area contributed by atoms with Gasteiger partial charge in [-0.2, -0.15) is 0 Å². The molecule has 0 fully saturated rings. The normalized spacial score (nSPS) is 15.5. The molecule has 1 unspecified atom stereocenters. The molecule has 0 saturated heterocycles. The van der Waals surface area contributed by atoms with Crippen molar-refractivity contribution in [2.75, 3.05) is 0 Å². The maximum Gasteiger partial charge on any atom is 0.339 e. The van der Waals surface area contributed by atoms with Crippen molar-refractivity contribution >= 4 is 17.6 Å². The maximum atomic E-state index is 12.4. The molecule has 27 heavy (non-hydrogen) atoms. The van der Waals surface area contributed by atoms with Gasteiger partial charge in [0.25, 0.3) is 5.56 Å². The fraction of sp³-hybridized carbons (Fsp3) is 0.105. The molecule has 8 heteroatoms. The smallest absolute Gasteiger partial charge is 0.339 e. The summed E-state index contributed by atoms with van der Waals surface area (Å²) < 4.78 is 6.21. The van der Waals surface area contributed by atoms with Crippen LogP contribution in [0, 0.1) is 6.92 Å². The number of aromatic amines is 1. The number of rotatable bonds is 2. The number of fused-ring (bicyclic) bond motifs is 1. The highest BCUT2D eigenvalue weighted by atomic mass is 35.5. The van der Waals surface area contributed by atoms with Gasteiger partial charge in [0.05, 0.1) is 11.3 Å². The van der Waals surface area contributed by atoms with E-state index < -0.39 is 29.2 Å². The number of benzene rings is 2. The Morgan fingerprint density at radius 3 is 2.63 bits per heavy atom. The number of esters is 1. The number of carbonyl (C=O) groups is 1. The number of nitrogens with zero attached hydrogens (tertiary/aromatic N) is 1. The van der Waals surface area contributed by atoms with Crippen LogP contribution in [0.5, 0.6) is 5.88 Å². The van der Waals surface area contributed by atoms with Crippen molar-refractivity contribution in [1.82, 2.24) is 9.55 Å². The highest BCUT2D eigenvalue weighted by Crippen LogP contribution is 2.37. The lowest BCUT2D eigenvalue weighted by Gasteiger charge is -2.16. The van der Waals surface area contributed by atoms with Gasteiger partial charge in [-0.3, -0.25) is 9.78 Å². The second-order valence-corrected chi connectivity index (χ2v) is 6.55. The minimum absolute atomic E-state index is 0.232. The second-order valence-electron chi connectivity index (χ2n) is 6.14. The van der Waals surface area contributed by atoms with Crippen LogP contribution in [0.25, 0.3) is 5.69 Å². The zero-order valence-electron chi connectivity index (χ0n) is 14.0. The number of H-pyrrole nitrogens is 1. The van der Waals surface area contributed by atoms with Crippen LogP contribution < -0.4 is 11.2 Å². The molecule has 3 aromatic rings. The first-order valence-corrected chi connectivity index (χ1v) is 8.41. The monoisotopic (exact) mass is 384 g/mol. The van der Waals surface area contributed by atoms with E-state index >= 15 is 0 Å². The van der Waals surface area contributed by atoms with Gasteiger partial charge in [-0.15, -0.1) is 0 Å². The first-order valence-electron chi connectivity index (χ1n) is 8.03. The van der Waals surface area contributed by atoms with Gasteiger partial charge < -0.3 is 9.84 Å². The molecule has 2 heterocycles. The molecule has 0 bridgehead atoms. The highest BCUT2D eigenvalue weighted by Gasteiger charge is 2.36. The van der Waals surface area contributed by atoms with Gasteiger partial charge in [0.15, 0.2) is 6.10 Å². The molecule has 136 valence electrons. The average Bonchev–Trinajstić information content (AvgIpc) is 2.95. The minimum Gasteiger partial charge on any atom is -0.494 e. The summed E-state index contributed by atoms with van der Waals surface area (Å²) in [5, 5.41) is 11.1. The molecule has 0 radical (unpaired) electrons. The zero-order chi connectivity index (χ0) is 19.3. The van der Waals surface area contributed by atoms with E-state index in [4.69, 9.17) is 16.3 Å².